The first-order valence-corrected chi connectivity index (χ1v) is 2.40. The number of hydrogen-bond acceptors (Lipinski definition) is 1. The zero-order chi connectivity index (χ0) is 7.11. The van der Waals surface area contributed by atoms with Gasteiger partial charge in [-0.1, -0.05) is 12.5 Å². The minimum Gasteiger partial charge on any atom is -0.277 e. The van der Waals surface area contributed by atoms with Crippen LogP contribution in [0.1, 0.15) is 0 Å². The van der Waals surface area contributed by atoms with Crippen LogP contribution in [-0.2, 0) is 0 Å². The molecule has 0 radical (unpaired) electrons. The Bertz CT molecular complexity index is 182. The zero-order valence-electron chi connectivity index (χ0n) is 5.33. The van der Waals surface area contributed by atoms with Gasteiger partial charge in [0, 0.05) is 18.8 Å². The largest absolute Gasteiger partial charge is 0.277 e. The standard InChI is InChI=1S/C7H8N2/c1-4-7(2)5-9-6-8-3/h1,5-6H,2H2,3H3. The molecule has 9 heavy (non-hydrogen) atoms. The number of aliphatic imine (C=N–C) groups is 2. The Morgan fingerprint density at radius 3 is 2.89 bits per heavy atom. The molecule has 0 aromatic heterocycles. The summed E-state index contributed by atoms with van der Waals surface area (Å²) in [5.41, 5.74) is 0.551. The molecule has 0 aromatic rings. The van der Waals surface area contributed by atoms with E-state index in [1.807, 2.05) is 0 Å². The summed E-state index contributed by atoms with van der Waals surface area (Å²) in [6.07, 6.45) is 7.85. The van der Waals surface area contributed by atoms with Crippen molar-refractivity contribution in [3.8, 4) is 12.3 Å². The molecule has 0 N–H and O–H groups in total. The fourth-order valence-electron chi connectivity index (χ4n) is 0.227. The lowest BCUT2D eigenvalue weighted by molar-refractivity contribution is 1.45. The molecule has 2 nitrogen and oxygen atoms in total. The van der Waals surface area contributed by atoms with Crippen molar-refractivity contribution in [2.24, 2.45) is 9.98 Å². The molecule has 0 saturated carbocycles. The molecule has 0 atom stereocenters. The molecule has 0 fully saturated rings. The fourth-order valence-corrected chi connectivity index (χ4v) is 0.227. The van der Waals surface area contributed by atoms with E-state index in [0.717, 1.165) is 0 Å². The number of terminal acetylenes is 1. The van der Waals surface area contributed by atoms with E-state index < -0.39 is 0 Å². The smallest absolute Gasteiger partial charge is 0.109 e. The Morgan fingerprint density at radius 2 is 2.44 bits per heavy atom. The fraction of sp³-hybridized carbons (Fsp3) is 0.143. The Hall–Kier alpha value is -1.36. The second kappa shape index (κ2) is 4.79. The summed E-state index contributed by atoms with van der Waals surface area (Å²) in [5, 5.41) is 0. The van der Waals surface area contributed by atoms with Crippen LogP contribution in [0.4, 0.5) is 0 Å². The molecule has 0 aromatic carbocycles. The molecule has 0 unspecified atom stereocenters. The van der Waals surface area contributed by atoms with Crippen molar-refractivity contribution in [1.82, 2.24) is 0 Å². The van der Waals surface area contributed by atoms with Crippen LogP contribution in [0.25, 0.3) is 0 Å². The molecule has 0 aliphatic rings. The number of rotatable bonds is 2. The van der Waals surface area contributed by atoms with Gasteiger partial charge in [0.2, 0.25) is 0 Å². The second-order valence-corrected chi connectivity index (χ2v) is 1.32. The van der Waals surface area contributed by atoms with Gasteiger partial charge in [-0.25, -0.2) is 4.99 Å². The lowest BCUT2D eigenvalue weighted by atomic mass is 10.4. The van der Waals surface area contributed by atoms with E-state index in [4.69, 9.17) is 6.42 Å². The Balaban J connectivity index is 3.75. The molecule has 0 aliphatic heterocycles. The van der Waals surface area contributed by atoms with E-state index in [1.54, 1.807) is 7.05 Å². The van der Waals surface area contributed by atoms with Crippen molar-refractivity contribution in [3.05, 3.63) is 12.2 Å². The maximum absolute atomic E-state index is 4.97. The van der Waals surface area contributed by atoms with Crippen molar-refractivity contribution < 1.29 is 0 Å². The highest BCUT2D eigenvalue weighted by Gasteiger charge is 1.73. The molecular formula is C7H8N2. The maximum Gasteiger partial charge on any atom is 0.109 e. The summed E-state index contributed by atoms with van der Waals surface area (Å²) >= 11 is 0. The maximum atomic E-state index is 4.97. The van der Waals surface area contributed by atoms with Gasteiger partial charge < -0.3 is 0 Å². The van der Waals surface area contributed by atoms with Crippen LogP contribution in [-0.4, -0.2) is 19.6 Å². The normalized spacial score (nSPS) is 10.2. The topological polar surface area (TPSA) is 24.7 Å². The number of nitrogens with zero attached hydrogens (tertiary/aromatic N) is 2. The van der Waals surface area contributed by atoms with Gasteiger partial charge in [0.25, 0.3) is 0 Å². The Kier molecular flexibility index (Phi) is 4.07. The van der Waals surface area contributed by atoms with Crippen LogP contribution in [0.15, 0.2) is 22.1 Å². The van der Waals surface area contributed by atoms with Gasteiger partial charge in [0.15, 0.2) is 0 Å². The van der Waals surface area contributed by atoms with E-state index in [0.29, 0.717) is 5.57 Å². The van der Waals surface area contributed by atoms with Crippen molar-refractivity contribution in [2.75, 3.05) is 7.05 Å². The quantitative estimate of drug-likeness (QED) is 0.294. The highest BCUT2D eigenvalue weighted by molar-refractivity contribution is 5.88. The van der Waals surface area contributed by atoms with Crippen molar-refractivity contribution in [2.45, 2.75) is 0 Å². The minimum atomic E-state index is 0.551. The van der Waals surface area contributed by atoms with E-state index in [-0.39, 0.29) is 0 Å². The van der Waals surface area contributed by atoms with E-state index in [9.17, 15) is 0 Å². The van der Waals surface area contributed by atoms with Gasteiger partial charge in [0.05, 0.1) is 0 Å². The minimum absolute atomic E-state index is 0.551. The Morgan fingerprint density at radius 1 is 1.78 bits per heavy atom. The van der Waals surface area contributed by atoms with Crippen molar-refractivity contribution >= 4 is 12.6 Å². The summed E-state index contributed by atoms with van der Waals surface area (Å²) in [4.78, 5) is 7.31. The third kappa shape index (κ3) is 4.49. The van der Waals surface area contributed by atoms with Gasteiger partial charge in [-0.15, -0.1) is 6.42 Å². The zero-order valence-corrected chi connectivity index (χ0v) is 5.33. The van der Waals surface area contributed by atoms with Crippen molar-refractivity contribution in [3.63, 3.8) is 0 Å². The summed E-state index contributed by atoms with van der Waals surface area (Å²) < 4.78 is 0. The molecule has 0 amide bonds. The van der Waals surface area contributed by atoms with Crippen LogP contribution in [0, 0.1) is 12.3 Å². The summed E-state index contributed by atoms with van der Waals surface area (Å²) in [7, 11) is 1.63. The highest BCUT2D eigenvalue weighted by atomic mass is 14.8. The molecule has 0 aliphatic carbocycles. The van der Waals surface area contributed by atoms with Gasteiger partial charge in [-0.3, -0.25) is 4.99 Å². The van der Waals surface area contributed by atoms with Crippen LogP contribution >= 0.6 is 0 Å². The molecule has 0 spiro atoms. The third-order valence-electron chi connectivity index (χ3n) is 0.598. The van der Waals surface area contributed by atoms with Crippen LogP contribution in [0.3, 0.4) is 0 Å². The summed E-state index contributed by atoms with van der Waals surface area (Å²) in [6, 6.07) is 0. The highest BCUT2D eigenvalue weighted by Crippen LogP contribution is 1.77. The van der Waals surface area contributed by atoms with Gasteiger partial charge in [-0.05, 0) is 0 Å². The average Bonchev–Trinajstić information content (AvgIpc) is 1.89. The molecular weight excluding hydrogens is 112 g/mol. The van der Waals surface area contributed by atoms with E-state index >= 15 is 0 Å². The summed E-state index contributed by atoms with van der Waals surface area (Å²) in [5.74, 6) is 2.32. The lowest BCUT2D eigenvalue weighted by Crippen LogP contribution is -1.75. The molecule has 0 saturated heterocycles. The first-order valence-electron chi connectivity index (χ1n) is 2.40. The first kappa shape index (κ1) is 7.64. The average molecular weight is 120 g/mol. The third-order valence-corrected chi connectivity index (χ3v) is 0.598. The number of hydrogen-bond donors (Lipinski definition) is 0. The monoisotopic (exact) mass is 120 g/mol. The molecule has 0 bridgehead atoms. The van der Waals surface area contributed by atoms with Crippen molar-refractivity contribution in [1.29, 1.82) is 0 Å². The van der Waals surface area contributed by atoms with Gasteiger partial charge >= 0.3 is 0 Å². The molecule has 0 heterocycles. The van der Waals surface area contributed by atoms with E-state index in [2.05, 4.69) is 22.5 Å². The first-order chi connectivity index (χ1) is 4.31. The second-order valence-electron chi connectivity index (χ2n) is 1.32. The Labute approximate surface area is 55.0 Å². The van der Waals surface area contributed by atoms with Crippen LogP contribution in [0.2, 0.25) is 0 Å². The summed E-state index contributed by atoms with van der Waals surface area (Å²) in [6.45, 7) is 3.50. The number of allylic oxidation sites excluding steroid dienone is 1. The van der Waals surface area contributed by atoms with Gasteiger partial charge in [-0.2, -0.15) is 0 Å². The molecule has 0 rings (SSSR count). The molecule has 46 valence electrons. The molecule has 2 heteroatoms. The lowest BCUT2D eigenvalue weighted by Gasteiger charge is -1.77. The van der Waals surface area contributed by atoms with Crippen LogP contribution < -0.4 is 0 Å². The van der Waals surface area contributed by atoms with Gasteiger partial charge in [0.1, 0.15) is 6.34 Å². The van der Waals surface area contributed by atoms with Crippen LogP contribution in [0.5, 0.6) is 0 Å². The SMILES string of the molecule is C#CC(=C)C=NC=NC. The predicted octanol–water partition coefficient (Wildman–Crippen LogP) is 0.905. The predicted molar refractivity (Wildman–Crippen MR) is 40.9 cm³/mol. The van der Waals surface area contributed by atoms with E-state index in [1.165, 1.54) is 12.6 Å².